The first-order valence-corrected chi connectivity index (χ1v) is 0. The summed E-state index contributed by atoms with van der Waals surface area (Å²) in [6.45, 7) is 0. The number of rotatable bonds is 0. The summed E-state index contributed by atoms with van der Waals surface area (Å²) in [6, 6.07) is 0. The molecule has 3 radical (unpaired) electrons. The molecule has 0 aliphatic carbocycles. The molecule has 6 heavy (non-hydrogen) atoms. The van der Waals surface area contributed by atoms with Crippen molar-refractivity contribution in [1.82, 2.24) is 0 Å². The fraction of sp³-hybridized carbons (Fsp3) is 0. The largest absolute Gasteiger partial charge is 0 e. The third-order valence-corrected chi connectivity index (χ3v) is 0. The minimum Gasteiger partial charge on any atom is 0 e. The van der Waals surface area contributed by atoms with Gasteiger partial charge in [-0.3, -0.25) is 0 Å². The van der Waals surface area contributed by atoms with Crippen molar-refractivity contribution >= 4 is 0 Å². The molecule has 0 amide bonds. The minimum absolute atomic E-state index is 0. The number of hydrogen-bond acceptors (Lipinski definition) is 0. The zero-order valence-electron chi connectivity index (χ0n) is 2.02. The van der Waals surface area contributed by atoms with Gasteiger partial charge in [0.05, 0.1) is 0 Å². The van der Waals surface area contributed by atoms with E-state index < -0.39 is 0 Å². The van der Waals surface area contributed by atoms with Crippen molar-refractivity contribution in [3.63, 3.8) is 0 Å². The first-order valence-electron chi connectivity index (χ1n) is 0. The molecule has 0 saturated heterocycles. The van der Waals surface area contributed by atoms with E-state index in [0.29, 0.717) is 0 Å². The van der Waals surface area contributed by atoms with Crippen molar-refractivity contribution < 1.29 is 109 Å². The molecule has 0 spiro atoms. The molecule has 0 atom stereocenters. The van der Waals surface area contributed by atoms with E-state index in [1.54, 1.807) is 0 Å². The fourth-order valence-electron chi connectivity index (χ4n) is 0. The van der Waals surface area contributed by atoms with E-state index in [0.717, 1.165) is 0 Å². The zero-order valence-corrected chi connectivity index (χ0v) is 10.9. The first-order chi connectivity index (χ1) is 0. The van der Waals surface area contributed by atoms with E-state index in [1.807, 2.05) is 0 Å². The summed E-state index contributed by atoms with van der Waals surface area (Å²) in [6.07, 6.45) is 0. The summed E-state index contributed by atoms with van der Waals surface area (Å²) in [7, 11) is 0. The molecule has 0 nitrogen and oxygen atoms in total. The van der Waals surface area contributed by atoms with Gasteiger partial charge in [0.25, 0.3) is 0 Å². The summed E-state index contributed by atoms with van der Waals surface area (Å²) < 4.78 is 0. The molecule has 0 aromatic rings. The molecule has 53 valence electrons. The van der Waals surface area contributed by atoms with E-state index in [1.165, 1.54) is 0 Å². The quantitative estimate of drug-likeness (QED) is 0.360. The van der Waals surface area contributed by atoms with Gasteiger partial charge in [0.1, 0.15) is 0 Å². The normalized spacial score (nSPS) is 0. The molecule has 0 unspecified atom stereocenters. The van der Waals surface area contributed by atoms with Crippen LogP contribution in [0.4, 0.5) is 0 Å². The van der Waals surface area contributed by atoms with Crippen molar-refractivity contribution in [3.05, 3.63) is 0 Å². The standard InChI is InChI=1S/Co.Fe.Ir.Ni.Rh.Ru. The van der Waals surface area contributed by atoms with Crippen molar-refractivity contribution in [3.8, 4) is 0 Å². The Morgan fingerprint density at radius 1 is 1.00 bits per heavy atom. The molecule has 0 saturated carbocycles. The molecule has 6 heteroatoms. The van der Waals surface area contributed by atoms with Crippen molar-refractivity contribution in [2.45, 2.75) is 0 Å². The molecule has 0 aliphatic rings. The van der Waals surface area contributed by atoms with E-state index in [-0.39, 0.29) is 109 Å². The Hall–Kier alpha value is 3.42. The van der Waals surface area contributed by atoms with Crippen LogP contribution in [0.2, 0.25) is 0 Å². The maximum atomic E-state index is 0. The van der Waals surface area contributed by atoms with Crippen LogP contribution in [0.5, 0.6) is 0 Å². The molecule has 0 aromatic carbocycles. The average Bonchev–Trinajstić information content (AvgIpc) is 0. The van der Waals surface area contributed by atoms with Gasteiger partial charge < -0.3 is 0 Å². The molecule has 0 fully saturated rings. The average molecular weight is 570 g/mol. The molecule has 0 rings (SSSR count). The van der Waals surface area contributed by atoms with Gasteiger partial charge >= 0.3 is 0 Å². The smallest absolute Gasteiger partial charge is 0 e. The van der Waals surface area contributed by atoms with Gasteiger partial charge in [0.15, 0.2) is 0 Å². The van der Waals surface area contributed by atoms with Crippen molar-refractivity contribution in [1.29, 1.82) is 0 Å². The molecule has 0 bridgehead atoms. The fourth-order valence-corrected chi connectivity index (χ4v) is 0. The topological polar surface area (TPSA) is 0 Å². The van der Waals surface area contributed by atoms with Gasteiger partial charge in [-0.1, -0.05) is 0 Å². The van der Waals surface area contributed by atoms with Crippen LogP contribution in [0.3, 0.4) is 0 Å². The third-order valence-electron chi connectivity index (χ3n) is 0. The molecule has 0 aromatic heterocycles. The van der Waals surface area contributed by atoms with Gasteiger partial charge in [0, 0.05) is 109 Å². The summed E-state index contributed by atoms with van der Waals surface area (Å²) in [5.41, 5.74) is 0. The van der Waals surface area contributed by atoms with Crippen molar-refractivity contribution in [2.24, 2.45) is 0 Å². The maximum absolute atomic E-state index is 0. The Morgan fingerprint density at radius 3 is 1.00 bits per heavy atom. The monoisotopic (exact) mass is 571 g/mol. The van der Waals surface area contributed by atoms with Crippen LogP contribution >= 0.6 is 0 Å². The van der Waals surface area contributed by atoms with Crippen LogP contribution < -0.4 is 0 Å². The Balaban J connectivity index is 0. The van der Waals surface area contributed by atoms with Crippen LogP contribution in [-0.2, 0) is 109 Å². The summed E-state index contributed by atoms with van der Waals surface area (Å²) in [5, 5.41) is 0. The van der Waals surface area contributed by atoms with Gasteiger partial charge in [0.2, 0.25) is 0 Å². The van der Waals surface area contributed by atoms with Crippen LogP contribution in [0, 0.1) is 0 Å². The van der Waals surface area contributed by atoms with Crippen molar-refractivity contribution in [2.75, 3.05) is 0 Å². The SMILES string of the molecule is [Co].[Fe].[Ir].[Ni].[Rh].[Ru]. The molecule has 0 N–H and O–H groups in total. The van der Waals surface area contributed by atoms with E-state index in [2.05, 4.69) is 0 Å². The second kappa shape index (κ2) is 39.7. The Kier molecular flexibility index (Phi) is 378. The van der Waals surface area contributed by atoms with E-state index in [9.17, 15) is 0 Å². The predicted octanol–water partition coefficient (Wildman–Crippen LogP) is -0.0150. The molecule has 0 aliphatic heterocycles. The first kappa shape index (κ1) is 57.2. The van der Waals surface area contributed by atoms with Crippen LogP contribution in [0.1, 0.15) is 0 Å². The van der Waals surface area contributed by atoms with Crippen LogP contribution in [0.15, 0.2) is 0 Å². The summed E-state index contributed by atoms with van der Waals surface area (Å²) in [4.78, 5) is 0. The van der Waals surface area contributed by atoms with E-state index >= 15 is 0 Å². The summed E-state index contributed by atoms with van der Waals surface area (Å²) in [5.74, 6) is 0. The Labute approximate surface area is 108 Å². The van der Waals surface area contributed by atoms with Crippen LogP contribution in [0.25, 0.3) is 0 Å². The predicted molar refractivity (Wildman–Crippen MR) is 0 cm³/mol. The summed E-state index contributed by atoms with van der Waals surface area (Å²) >= 11 is 0. The van der Waals surface area contributed by atoms with Gasteiger partial charge in [-0.05, 0) is 0 Å². The molecular formula is CoFeIrNiRhRu. The maximum Gasteiger partial charge on any atom is 0 e. The molecular weight excluding hydrogens is 570 g/mol. The minimum atomic E-state index is 0. The second-order valence-corrected chi connectivity index (χ2v) is 0. The number of hydrogen-bond donors (Lipinski definition) is 0. The van der Waals surface area contributed by atoms with Crippen LogP contribution in [-0.4, -0.2) is 0 Å². The Morgan fingerprint density at radius 2 is 1.00 bits per heavy atom. The second-order valence-electron chi connectivity index (χ2n) is 0. The van der Waals surface area contributed by atoms with Gasteiger partial charge in [-0.15, -0.1) is 0 Å². The van der Waals surface area contributed by atoms with Gasteiger partial charge in [-0.25, -0.2) is 0 Å². The Bertz CT molecular complexity index is 15.5. The van der Waals surface area contributed by atoms with Gasteiger partial charge in [-0.2, -0.15) is 0 Å². The third kappa shape index (κ3) is 26.2. The zero-order chi connectivity index (χ0) is 0. The molecule has 0 heterocycles. The van der Waals surface area contributed by atoms with E-state index in [4.69, 9.17) is 0 Å².